The van der Waals surface area contributed by atoms with Crippen LogP contribution in [-0.4, -0.2) is 51.7 Å². The molecule has 0 spiro atoms. The molecule has 1 aliphatic heterocycles. The van der Waals surface area contributed by atoms with Crippen LogP contribution in [0.25, 0.3) is 16.9 Å². The molecule has 1 saturated heterocycles. The van der Waals surface area contributed by atoms with Crippen molar-refractivity contribution in [2.24, 2.45) is 5.73 Å². The van der Waals surface area contributed by atoms with Gasteiger partial charge in [-0.25, -0.2) is 9.50 Å². The third kappa shape index (κ3) is 3.56. The number of rotatable bonds is 5. The molecule has 3 aromatic rings. The number of piperidine rings is 1. The van der Waals surface area contributed by atoms with E-state index < -0.39 is 5.91 Å². The normalized spacial score (nSPS) is 16.0. The first-order chi connectivity index (χ1) is 13.2. The van der Waals surface area contributed by atoms with E-state index in [4.69, 9.17) is 10.5 Å². The molecule has 0 bridgehead atoms. The Morgan fingerprint density at radius 1 is 1.19 bits per heavy atom. The Morgan fingerprint density at radius 3 is 2.59 bits per heavy atom. The van der Waals surface area contributed by atoms with Crippen molar-refractivity contribution in [2.75, 3.05) is 20.2 Å². The third-order valence-corrected chi connectivity index (χ3v) is 5.21. The summed E-state index contributed by atoms with van der Waals surface area (Å²) in [6.45, 7) is 3.07. The molecule has 1 aromatic carbocycles. The van der Waals surface area contributed by atoms with Crippen LogP contribution in [0.4, 0.5) is 0 Å². The molecule has 2 N–H and O–H groups in total. The maximum Gasteiger partial charge on any atom is 0.252 e. The zero-order valence-corrected chi connectivity index (χ0v) is 15.3. The van der Waals surface area contributed by atoms with Gasteiger partial charge in [-0.1, -0.05) is 24.3 Å². The molecule has 3 heterocycles. The first kappa shape index (κ1) is 17.6. The number of carbonyl (C=O) groups is 1. The molecule has 7 heteroatoms. The molecule has 1 amide bonds. The quantitative estimate of drug-likeness (QED) is 0.748. The number of hydrogen-bond donors (Lipinski definition) is 1. The van der Waals surface area contributed by atoms with Gasteiger partial charge in [0.25, 0.3) is 5.91 Å². The smallest absolute Gasteiger partial charge is 0.252 e. The second-order valence-corrected chi connectivity index (χ2v) is 6.90. The number of nitrogens with two attached hydrogens (primary N) is 1. The van der Waals surface area contributed by atoms with Crippen LogP contribution in [0.3, 0.4) is 0 Å². The van der Waals surface area contributed by atoms with E-state index >= 15 is 0 Å². The van der Waals surface area contributed by atoms with Crippen molar-refractivity contribution < 1.29 is 9.53 Å². The zero-order valence-electron chi connectivity index (χ0n) is 15.3. The number of methoxy groups -OCH3 is 1. The zero-order chi connectivity index (χ0) is 18.8. The number of nitrogens with zero attached hydrogens (tertiary/aromatic N) is 4. The summed E-state index contributed by atoms with van der Waals surface area (Å²) in [5.41, 5.74) is 9.43. The summed E-state index contributed by atoms with van der Waals surface area (Å²) in [4.78, 5) is 18.2. The fraction of sp³-hybridized carbons (Fsp3) is 0.350. The number of aromatic nitrogens is 3. The topological polar surface area (TPSA) is 85.8 Å². The van der Waals surface area contributed by atoms with Crippen LogP contribution in [0.5, 0.6) is 0 Å². The van der Waals surface area contributed by atoms with E-state index in [1.54, 1.807) is 17.7 Å². The van der Waals surface area contributed by atoms with Crippen LogP contribution in [0, 0.1) is 0 Å². The van der Waals surface area contributed by atoms with Gasteiger partial charge in [0, 0.05) is 32.3 Å². The fourth-order valence-corrected chi connectivity index (χ4v) is 3.66. The SMILES string of the molecule is COC1CCN(Cc2ccc(-c3ccc(C(N)=O)c4ncnn34)cc2)CC1. The highest BCUT2D eigenvalue weighted by Gasteiger charge is 2.18. The number of hydrogen-bond acceptors (Lipinski definition) is 5. The number of primary amides is 1. The molecule has 0 saturated carbocycles. The lowest BCUT2D eigenvalue weighted by Gasteiger charge is -2.31. The third-order valence-electron chi connectivity index (χ3n) is 5.21. The molecule has 0 atom stereocenters. The predicted molar refractivity (Wildman–Crippen MR) is 102 cm³/mol. The van der Waals surface area contributed by atoms with Gasteiger partial charge >= 0.3 is 0 Å². The van der Waals surface area contributed by atoms with Crippen LogP contribution >= 0.6 is 0 Å². The van der Waals surface area contributed by atoms with Gasteiger partial charge in [-0.2, -0.15) is 5.10 Å². The molecule has 0 radical (unpaired) electrons. The minimum atomic E-state index is -0.507. The summed E-state index contributed by atoms with van der Waals surface area (Å²) in [6.07, 6.45) is 4.01. The molecule has 7 nitrogen and oxygen atoms in total. The summed E-state index contributed by atoms with van der Waals surface area (Å²) < 4.78 is 7.09. The molecule has 1 fully saturated rings. The number of fused-ring (bicyclic) bond motifs is 1. The average Bonchev–Trinajstić information content (AvgIpc) is 3.18. The van der Waals surface area contributed by atoms with Gasteiger partial charge in [0.1, 0.15) is 6.33 Å². The molecular formula is C20H23N5O2. The lowest BCUT2D eigenvalue weighted by molar-refractivity contribution is 0.0388. The predicted octanol–water partition coefficient (Wildman–Crippen LogP) is 2.11. The Bertz CT molecular complexity index is 943. The average molecular weight is 365 g/mol. The highest BCUT2D eigenvalue weighted by atomic mass is 16.5. The number of amides is 1. The molecular weight excluding hydrogens is 342 g/mol. The van der Waals surface area contributed by atoms with Gasteiger partial charge in [0.2, 0.25) is 0 Å². The number of carbonyl (C=O) groups excluding carboxylic acids is 1. The van der Waals surface area contributed by atoms with Crippen molar-refractivity contribution in [2.45, 2.75) is 25.5 Å². The maximum atomic E-state index is 11.6. The minimum absolute atomic E-state index is 0.368. The fourth-order valence-electron chi connectivity index (χ4n) is 3.66. The van der Waals surface area contributed by atoms with Gasteiger partial charge in [-0.3, -0.25) is 9.69 Å². The molecule has 2 aromatic heterocycles. The lowest BCUT2D eigenvalue weighted by atomic mass is 10.0. The van der Waals surface area contributed by atoms with Crippen LogP contribution in [0.15, 0.2) is 42.7 Å². The van der Waals surface area contributed by atoms with Crippen molar-refractivity contribution in [3.63, 3.8) is 0 Å². The Morgan fingerprint density at radius 2 is 1.93 bits per heavy atom. The Balaban J connectivity index is 1.53. The largest absolute Gasteiger partial charge is 0.381 e. The van der Waals surface area contributed by atoms with E-state index in [1.165, 1.54) is 11.9 Å². The van der Waals surface area contributed by atoms with Crippen molar-refractivity contribution in [3.8, 4) is 11.3 Å². The molecule has 27 heavy (non-hydrogen) atoms. The number of likely N-dealkylation sites (tertiary alicyclic amines) is 1. The van der Waals surface area contributed by atoms with Gasteiger partial charge < -0.3 is 10.5 Å². The highest BCUT2D eigenvalue weighted by molar-refractivity contribution is 5.99. The van der Waals surface area contributed by atoms with Gasteiger partial charge in [0.15, 0.2) is 5.65 Å². The van der Waals surface area contributed by atoms with Crippen LogP contribution in [-0.2, 0) is 11.3 Å². The number of benzene rings is 1. The monoisotopic (exact) mass is 365 g/mol. The highest BCUT2D eigenvalue weighted by Crippen LogP contribution is 2.23. The van der Waals surface area contributed by atoms with Gasteiger partial charge in [0.05, 0.1) is 17.4 Å². The molecule has 0 aliphatic carbocycles. The van der Waals surface area contributed by atoms with E-state index in [1.807, 2.05) is 6.07 Å². The lowest BCUT2D eigenvalue weighted by Crippen LogP contribution is -2.36. The summed E-state index contributed by atoms with van der Waals surface area (Å²) in [5, 5.41) is 4.25. The summed E-state index contributed by atoms with van der Waals surface area (Å²) in [5.74, 6) is -0.507. The van der Waals surface area contributed by atoms with E-state index in [0.29, 0.717) is 17.3 Å². The first-order valence-corrected chi connectivity index (χ1v) is 9.12. The van der Waals surface area contributed by atoms with E-state index in [0.717, 1.165) is 43.7 Å². The number of ether oxygens (including phenoxy) is 1. The van der Waals surface area contributed by atoms with Crippen LogP contribution < -0.4 is 5.73 Å². The molecule has 4 rings (SSSR count). The van der Waals surface area contributed by atoms with E-state index in [9.17, 15) is 4.79 Å². The summed E-state index contributed by atoms with van der Waals surface area (Å²) in [6, 6.07) is 12.0. The summed E-state index contributed by atoms with van der Waals surface area (Å²) in [7, 11) is 1.79. The minimum Gasteiger partial charge on any atom is -0.381 e. The molecule has 1 aliphatic rings. The summed E-state index contributed by atoms with van der Waals surface area (Å²) >= 11 is 0. The Kier molecular flexibility index (Phi) is 4.87. The second kappa shape index (κ2) is 7.46. The Hall–Kier alpha value is -2.77. The number of pyridine rings is 1. The van der Waals surface area contributed by atoms with E-state index in [-0.39, 0.29) is 0 Å². The Labute approximate surface area is 157 Å². The van der Waals surface area contributed by atoms with Crippen molar-refractivity contribution in [1.82, 2.24) is 19.5 Å². The van der Waals surface area contributed by atoms with Crippen molar-refractivity contribution in [3.05, 3.63) is 53.9 Å². The standard InChI is InChI=1S/C20H23N5O2/c1-27-16-8-10-24(11-9-16)12-14-2-4-15(5-3-14)18-7-6-17(19(21)26)20-22-13-23-25(18)20/h2-7,13,16H,8-12H2,1H3,(H2,21,26). The van der Waals surface area contributed by atoms with Crippen LogP contribution in [0.1, 0.15) is 28.8 Å². The molecule has 140 valence electrons. The van der Waals surface area contributed by atoms with Crippen molar-refractivity contribution >= 4 is 11.6 Å². The van der Waals surface area contributed by atoms with Crippen LogP contribution in [0.2, 0.25) is 0 Å². The maximum absolute atomic E-state index is 11.6. The van der Waals surface area contributed by atoms with Crippen molar-refractivity contribution in [1.29, 1.82) is 0 Å². The second-order valence-electron chi connectivity index (χ2n) is 6.90. The first-order valence-electron chi connectivity index (χ1n) is 9.12. The molecule has 0 unspecified atom stereocenters. The van der Waals surface area contributed by atoms with E-state index in [2.05, 4.69) is 39.2 Å². The van der Waals surface area contributed by atoms with Gasteiger partial charge in [-0.05, 0) is 30.5 Å². The van der Waals surface area contributed by atoms with Gasteiger partial charge in [-0.15, -0.1) is 0 Å².